The van der Waals surface area contributed by atoms with Crippen LogP contribution in [0.4, 0.5) is 0 Å². The van der Waals surface area contributed by atoms with Crippen molar-refractivity contribution in [3.63, 3.8) is 0 Å². The summed E-state index contributed by atoms with van der Waals surface area (Å²) in [6.45, 7) is 6.09. The summed E-state index contributed by atoms with van der Waals surface area (Å²) in [6.07, 6.45) is 12.5. The number of hydrogen-bond donors (Lipinski definition) is 6. The molecule has 8 unspecified atom stereocenters. The van der Waals surface area contributed by atoms with Gasteiger partial charge in [-0.3, -0.25) is 25.6 Å². The zero-order chi connectivity index (χ0) is 30.7. The monoisotopic (exact) mass is 620 g/mol. The Balaban J connectivity index is 0.941. The molecule has 11 heteroatoms. The van der Waals surface area contributed by atoms with Crippen molar-refractivity contribution in [3.8, 4) is 0 Å². The highest BCUT2D eigenvalue weighted by Crippen LogP contribution is 2.55. The zero-order valence-corrected chi connectivity index (χ0v) is 27.4. The number of hydrogen-bond acceptors (Lipinski definition) is 10. The lowest BCUT2D eigenvalue weighted by molar-refractivity contribution is -0.128. The van der Waals surface area contributed by atoms with Crippen LogP contribution in [0.1, 0.15) is 77.6 Å². The minimum Gasteiger partial charge on any atom is -0.390 e. The Bertz CT molecular complexity index is 932. The number of nitrogens with zero attached hydrogens (tertiary/aromatic N) is 1. The third kappa shape index (κ3) is 7.97. The molecule has 6 aliphatic rings. The number of amides is 1. The van der Waals surface area contributed by atoms with E-state index in [2.05, 4.69) is 45.5 Å². The first-order chi connectivity index (χ1) is 21.3. The van der Waals surface area contributed by atoms with Gasteiger partial charge >= 0.3 is 0 Å². The number of aliphatic hydroxyl groups excluding tert-OH is 1. The fourth-order valence-corrected chi connectivity index (χ4v) is 9.00. The van der Waals surface area contributed by atoms with E-state index in [4.69, 9.17) is 14.2 Å². The standard InChI is InChI=1S/C33H60N6O5/c1-21-29(44-20-36-21)19-43-26-6-5-22-12-27(34-17-24(22)11-26)28(40)18-35-32(41)23-13-30(37-25-15-33(16-25)7-4-8-33)38-31(14-23)39(2)9-10-42-3/h21-31,34,36-38,40H,4-20H2,1-3H3,(H,35,41)/t21?,22?,23?,24?,26?,27-,28+,29?,30?,31?/m0/s1. The molecule has 3 aliphatic carbocycles. The van der Waals surface area contributed by atoms with Crippen LogP contribution in [0.15, 0.2) is 0 Å². The minimum atomic E-state index is -0.591. The molecule has 10 atom stereocenters. The Morgan fingerprint density at radius 1 is 1.14 bits per heavy atom. The number of aliphatic hydroxyl groups is 1. The molecule has 0 aromatic heterocycles. The molecule has 6 N–H and O–H groups in total. The molecule has 3 heterocycles. The maximum Gasteiger partial charge on any atom is 0.223 e. The van der Waals surface area contributed by atoms with Crippen molar-refractivity contribution >= 4 is 5.91 Å². The fourth-order valence-electron chi connectivity index (χ4n) is 9.00. The van der Waals surface area contributed by atoms with Gasteiger partial charge in [-0.05, 0) is 102 Å². The lowest BCUT2D eigenvalue weighted by Crippen LogP contribution is -2.64. The molecule has 0 radical (unpaired) electrons. The fraction of sp³-hybridized carbons (Fsp3) is 0.970. The molecular weight excluding hydrogens is 560 g/mol. The summed E-state index contributed by atoms with van der Waals surface area (Å²) >= 11 is 0. The quantitative estimate of drug-likeness (QED) is 0.178. The van der Waals surface area contributed by atoms with E-state index in [9.17, 15) is 9.90 Å². The molecule has 11 nitrogen and oxygen atoms in total. The molecule has 3 saturated heterocycles. The van der Waals surface area contributed by atoms with Gasteiger partial charge in [0.15, 0.2) is 0 Å². The van der Waals surface area contributed by atoms with E-state index in [0.29, 0.717) is 61.9 Å². The summed E-state index contributed by atoms with van der Waals surface area (Å²) in [6, 6.07) is 0.904. The van der Waals surface area contributed by atoms with E-state index in [1.165, 1.54) is 32.1 Å². The van der Waals surface area contributed by atoms with Crippen LogP contribution in [-0.2, 0) is 19.0 Å². The predicted octanol–water partition coefficient (Wildman–Crippen LogP) is 1.11. The number of fused-ring (bicyclic) bond motifs is 1. The molecule has 1 amide bonds. The summed E-state index contributed by atoms with van der Waals surface area (Å²) in [5.41, 5.74) is 0.620. The number of nitrogens with one attached hydrogen (secondary N) is 5. The van der Waals surface area contributed by atoms with Crippen molar-refractivity contribution < 1.29 is 24.1 Å². The van der Waals surface area contributed by atoms with Crippen LogP contribution in [0.5, 0.6) is 0 Å². The second-order valence-electron chi connectivity index (χ2n) is 15.2. The molecular formula is C33H60N6O5. The number of piperidine rings is 2. The smallest absolute Gasteiger partial charge is 0.223 e. The van der Waals surface area contributed by atoms with Gasteiger partial charge in [0.2, 0.25) is 5.91 Å². The molecule has 252 valence electrons. The Kier molecular flexibility index (Phi) is 11.2. The number of likely N-dealkylation sites (N-methyl/N-ethyl adjacent to an activating group) is 1. The zero-order valence-electron chi connectivity index (χ0n) is 27.4. The van der Waals surface area contributed by atoms with Gasteiger partial charge in [-0.15, -0.1) is 0 Å². The lowest BCUT2D eigenvalue weighted by atomic mass is 9.54. The number of rotatable bonds is 13. The Morgan fingerprint density at radius 3 is 2.70 bits per heavy atom. The molecule has 44 heavy (non-hydrogen) atoms. The largest absolute Gasteiger partial charge is 0.390 e. The Labute approximate surface area is 264 Å². The number of methoxy groups -OCH3 is 1. The summed E-state index contributed by atoms with van der Waals surface area (Å²) < 4.78 is 17.3. The van der Waals surface area contributed by atoms with E-state index in [0.717, 1.165) is 51.6 Å². The number of carbonyl (C=O) groups excluding carboxylic acids is 1. The second-order valence-corrected chi connectivity index (χ2v) is 15.2. The van der Waals surface area contributed by atoms with Gasteiger partial charge in [0.05, 0.1) is 50.6 Å². The molecule has 0 aromatic rings. The van der Waals surface area contributed by atoms with Gasteiger partial charge < -0.3 is 30.0 Å². The highest BCUT2D eigenvalue weighted by molar-refractivity contribution is 5.78. The molecule has 3 aliphatic heterocycles. The van der Waals surface area contributed by atoms with Crippen LogP contribution in [0.3, 0.4) is 0 Å². The summed E-state index contributed by atoms with van der Waals surface area (Å²) in [5.74, 6) is 1.14. The maximum absolute atomic E-state index is 13.5. The van der Waals surface area contributed by atoms with Gasteiger partial charge in [-0.25, -0.2) is 0 Å². The SMILES string of the molecule is COCCN(C)C1CC(C(=O)NC[C@@H](O)[C@@H]2CC3CCC(OCC4OCNC4C)CC3CN2)CC(NC2CC3(CCC3)C2)N1. The number of ether oxygens (including phenoxy) is 3. The molecule has 3 saturated carbocycles. The average molecular weight is 621 g/mol. The predicted molar refractivity (Wildman–Crippen MR) is 169 cm³/mol. The van der Waals surface area contributed by atoms with Gasteiger partial charge in [0.1, 0.15) is 0 Å². The first-order valence-electron chi connectivity index (χ1n) is 17.7. The van der Waals surface area contributed by atoms with Crippen LogP contribution in [-0.4, -0.2) is 118 Å². The van der Waals surface area contributed by atoms with Gasteiger partial charge in [0, 0.05) is 44.2 Å². The van der Waals surface area contributed by atoms with Crippen molar-refractivity contribution in [1.29, 1.82) is 0 Å². The molecule has 1 spiro atoms. The second kappa shape index (κ2) is 14.9. The minimum absolute atomic E-state index is 0.0145. The summed E-state index contributed by atoms with van der Waals surface area (Å²) in [7, 11) is 3.84. The van der Waals surface area contributed by atoms with Crippen molar-refractivity contribution in [2.45, 2.75) is 126 Å². The highest BCUT2D eigenvalue weighted by atomic mass is 16.5. The topological polar surface area (TPSA) is 128 Å². The van der Waals surface area contributed by atoms with Crippen LogP contribution >= 0.6 is 0 Å². The van der Waals surface area contributed by atoms with Crippen LogP contribution in [0.2, 0.25) is 0 Å². The Hall–Kier alpha value is -0.890. The average Bonchev–Trinajstić information content (AvgIpc) is 3.41. The van der Waals surface area contributed by atoms with Gasteiger partial charge in [0.25, 0.3) is 0 Å². The lowest BCUT2D eigenvalue weighted by Gasteiger charge is -2.55. The normalized spacial score (nSPS) is 39.4. The van der Waals surface area contributed by atoms with E-state index < -0.39 is 6.10 Å². The third-order valence-electron chi connectivity index (χ3n) is 12.2. The van der Waals surface area contributed by atoms with E-state index in [1.54, 1.807) is 7.11 Å². The first-order valence-corrected chi connectivity index (χ1v) is 17.7. The number of carbonyl (C=O) groups is 1. The van der Waals surface area contributed by atoms with Crippen LogP contribution < -0.4 is 26.6 Å². The van der Waals surface area contributed by atoms with Crippen molar-refractivity contribution in [1.82, 2.24) is 31.5 Å². The van der Waals surface area contributed by atoms with Gasteiger partial charge in [-0.2, -0.15) is 0 Å². The van der Waals surface area contributed by atoms with E-state index >= 15 is 0 Å². The summed E-state index contributed by atoms with van der Waals surface area (Å²) in [5, 5.41) is 28.9. The van der Waals surface area contributed by atoms with Crippen molar-refractivity contribution in [2.75, 3.05) is 53.7 Å². The summed E-state index contributed by atoms with van der Waals surface area (Å²) in [4.78, 5) is 15.8. The molecule has 6 rings (SSSR count). The first kappa shape index (κ1) is 33.0. The molecule has 6 fully saturated rings. The third-order valence-corrected chi connectivity index (χ3v) is 12.2. The maximum atomic E-state index is 13.5. The Morgan fingerprint density at radius 2 is 1.98 bits per heavy atom. The van der Waals surface area contributed by atoms with Crippen molar-refractivity contribution in [3.05, 3.63) is 0 Å². The highest BCUT2D eigenvalue weighted by Gasteiger charge is 2.49. The molecule has 0 aromatic carbocycles. The molecule has 0 bridgehead atoms. The van der Waals surface area contributed by atoms with E-state index in [-0.39, 0.29) is 36.3 Å². The van der Waals surface area contributed by atoms with Gasteiger partial charge in [-0.1, -0.05) is 6.42 Å². The van der Waals surface area contributed by atoms with Crippen LogP contribution in [0.25, 0.3) is 0 Å². The van der Waals surface area contributed by atoms with Crippen molar-refractivity contribution in [2.24, 2.45) is 23.2 Å². The van der Waals surface area contributed by atoms with E-state index in [1.807, 2.05) is 0 Å². The van der Waals surface area contributed by atoms with Crippen LogP contribution in [0, 0.1) is 23.2 Å².